The van der Waals surface area contributed by atoms with Crippen LogP contribution in [0.3, 0.4) is 0 Å². The van der Waals surface area contributed by atoms with Gasteiger partial charge in [-0.2, -0.15) is 5.10 Å². The van der Waals surface area contributed by atoms with Crippen molar-refractivity contribution in [3.05, 3.63) is 18.0 Å². The van der Waals surface area contributed by atoms with Gasteiger partial charge >= 0.3 is 0 Å². The highest BCUT2D eigenvalue weighted by Gasteiger charge is 2.35. The van der Waals surface area contributed by atoms with Crippen LogP contribution in [0.2, 0.25) is 0 Å². The summed E-state index contributed by atoms with van der Waals surface area (Å²) < 4.78 is 1.82. The number of aliphatic hydroxyl groups is 1. The number of nitrogens with zero attached hydrogens (tertiary/aromatic N) is 2. The molecule has 84 valence electrons. The van der Waals surface area contributed by atoms with Gasteiger partial charge in [0.25, 0.3) is 0 Å². The summed E-state index contributed by atoms with van der Waals surface area (Å²) in [6.45, 7) is 1.08. The lowest BCUT2D eigenvalue weighted by molar-refractivity contribution is 0.129. The number of rotatable bonds is 5. The minimum absolute atomic E-state index is 0.187. The molecule has 1 aliphatic rings. The second-order valence-corrected chi connectivity index (χ2v) is 4.44. The molecule has 0 radical (unpaired) electrons. The van der Waals surface area contributed by atoms with E-state index in [0.29, 0.717) is 0 Å². The van der Waals surface area contributed by atoms with Crippen LogP contribution in [-0.2, 0) is 13.6 Å². The molecule has 1 fully saturated rings. The summed E-state index contributed by atoms with van der Waals surface area (Å²) in [6, 6.07) is 2.03. The van der Waals surface area contributed by atoms with Crippen LogP contribution >= 0.6 is 0 Å². The maximum atomic E-state index is 9.01. The molecule has 0 atom stereocenters. The zero-order valence-corrected chi connectivity index (χ0v) is 9.24. The number of aromatic nitrogens is 2. The van der Waals surface area contributed by atoms with E-state index >= 15 is 0 Å². The lowest BCUT2D eigenvalue weighted by Gasteiger charge is -2.42. The molecule has 0 bridgehead atoms. The third kappa shape index (κ3) is 2.38. The van der Waals surface area contributed by atoms with Crippen LogP contribution in [-0.4, -0.2) is 27.0 Å². The Labute approximate surface area is 90.3 Å². The van der Waals surface area contributed by atoms with Crippen LogP contribution in [0.25, 0.3) is 0 Å². The Morgan fingerprint density at radius 2 is 2.40 bits per heavy atom. The van der Waals surface area contributed by atoms with E-state index in [-0.39, 0.29) is 12.1 Å². The van der Waals surface area contributed by atoms with E-state index in [9.17, 15) is 0 Å². The van der Waals surface area contributed by atoms with Gasteiger partial charge in [-0.05, 0) is 31.7 Å². The number of hydrogen-bond acceptors (Lipinski definition) is 3. The van der Waals surface area contributed by atoms with Gasteiger partial charge in [0.05, 0.1) is 5.69 Å². The largest absolute Gasteiger partial charge is 0.396 e. The Morgan fingerprint density at radius 3 is 2.87 bits per heavy atom. The van der Waals surface area contributed by atoms with Crippen molar-refractivity contribution in [3.63, 3.8) is 0 Å². The fraction of sp³-hybridized carbons (Fsp3) is 0.727. The Hall–Kier alpha value is -0.870. The van der Waals surface area contributed by atoms with Crippen LogP contribution in [0.1, 0.15) is 31.4 Å². The third-order valence-electron chi connectivity index (χ3n) is 3.31. The van der Waals surface area contributed by atoms with Gasteiger partial charge in [-0.15, -0.1) is 0 Å². The molecule has 1 heterocycles. The average Bonchev–Trinajstić information content (AvgIpc) is 2.56. The van der Waals surface area contributed by atoms with Crippen LogP contribution < -0.4 is 5.32 Å². The van der Waals surface area contributed by atoms with Crippen molar-refractivity contribution in [3.8, 4) is 0 Å². The number of hydrogen-bond donors (Lipinski definition) is 2. The van der Waals surface area contributed by atoms with E-state index in [4.69, 9.17) is 5.11 Å². The Bertz CT molecular complexity index is 317. The molecule has 4 nitrogen and oxygen atoms in total. The molecule has 15 heavy (non-hydrogen) atoms. The summed E-state index contributed by atoms with van der Waals surface area (Å²) in [5.74, 6) is 0. The van der Waals surface area contributed by atoms with Crippen molar-refractivity contribution in [1.29, 1.82) is 0 Å². The van der Waals surface area contributed by atoms with Gasteiger partial charge in [-0.1, -0.05) is 0 Å². The quantitative estimate of drug-likeness (QED) is 0.754. The molecule has 0 saturated heterocycles. The summed E-state index contributed by atoms with van der Waals surface area (Å²) in [5, 5.41) is 16.9. The summed E-state index contributed by atoms with van der Waals surface area (Å²) >= 11 is 0. The number of aliphatic hydroxyl groups excluding tert-OH is 1. The van der Waals surface area contributed by atoms with Gasteiger partial charge in [-0.3, -0.25) is 4.68 Å². The van der Waals surface area contributed by atoms with Crippen LogP contribution in [0.5, 0.6) is 0 Å². The molecule has 4 heteroatoms. The van der Waals surface area contributed by atoms with E-state index in [1.165, 1.54) is 19.3 Å². The second kappa shape index (κ2) is 4.33. The van der Waals surface area contributed by atoms with Crippen molar-refractivity contribution >= 4 is 0 Å². The van der Waals surface area contributed by atoms with Crippen molar-refractivity contribution in [2.24, 2.45) is 7.05 Å². The maximum Gasteiger partial charge on any atom is 0.0762 e. The fourth-order valence-corrected chi connectivity index (χ4v) is 2.17. The van der Waals surface area contributed by atoms with Gasteiger partial charge in [0.2, 0.25) is 0 Å². The first kappa shape index (κ1) is 10.6. The fourth-order valence-electron chi connectivity index (χ4n) is 2.17. The molecule has 2 rings (SSSR count). The van der Waals surface area contributed by atoms with Gasteiger partial charge in [0.1, 0.15) is 0 Å². The topological polar surface area (TPSA) is 50.1 Å². The predicted molar refractivity (Wildman–Crippen MR) is 58.3 cm³/mol. The Kier molecular flexibility index (Phi) is 3.07. The first-order valence-corrected chi connectivity index (χ1v) is 5.59. The highest BCUT2D eigenvalue weighted by Crippen LogP contribution is 2.34. The molecule has 1 aromatic heterocycles. The Balaban J connectivity index is 1.86. The van der Waals surface area contributed by atoms with Gasteiger partial charge in [-0.25, -0.2) is 0 Å². The number of aryl methyl sites for hydroxylation is 1. The van der Waals surface area contributed by atoms with Crippen LogP contribution in [0.4, 0.5) is 0 Å². The second-order valence-electron chi connectivity index (χ2n) is 4.44. The third-order valence-corrected chi connectivity index (χ3v) is 3.31. The zero-order chi connectivity index (χ0) is 10.7. The van der Waals surface area contributed by atoms with E-state index in [1.54, 1.807) is 0 Å². The van der Waals surface area contributed by atoms with Crippen molar-refractivity contribution in [2.45, 2.75) is 37.8 Å². The summed E-state index contributed by atoms with van der Waals surface area (Å²) in [7, 11) is 1.93. The molecule has 0 aliphatic heterocycles. The number of nitrogens with one attached hydrogen (secondary N) is 1. The average molecular weight is 209 g/mol. The van der Waals surface area contributed by atoms with Crippen molar-refractivity contribution in [2.75, 3.05) is 6.61 Å². The minimum atomic E-state index is 0.187. The first-order chi connectivity index (χ1) is 7.24. The molecule has 0 spiro atoms. The van der Waals surface area contributed by atoms with Crippen molar-refractivity contribution < 1.29 is 5.11 Å². The smallest absolute Gasteiger partial charge is 0.0762 e. The normalized spacial score (nSPS) is 18.8. The van der Waals surface area contributed by atoms with Crippen LogP contribution in [0.15, 0.2) is 12.3 Å². The molecule has 0 aromatic carbocycles. The molecule has 2 N–H and O–H groups in total. The molecular formula is C11H19N3O. The lowest BCUT2D eigenvalue weighted by Crippen LogP contribution is -2.51. The van der Waals surface area contributed by atoms with Gasteiger partial charge in [0, 0.05) is 31.9 Å². The minimum Gasteiger partial charge on any atom is -0.396 e. The SMILES string of the molecule is Cn1ccc(CNC2(CCO)CCC2)n1. The van der Waals surface area contributed by atoms with E-state index in [2.05, 4.69) is 10.4 Å². The van der Waals surface area contributed by atoms with Gasteiger partial charge in [0.15, 0.2) is 0 Å². The van der Waals surface area contributed by atoms with E-state index in [1.807, 2.05) is 24.0 Å². The van der Waals surface area contributed by atoms with Crippen LogP contribution in [0, 0.1) is 0 Å². The molecule has 1 aliphatic carbocycles. The molecule has 0 unspecified atom stereocenters. The molecule has 0 amide bonds. The monoisotopic (exact) mass is 209 g/mol. The highest BCUT2D eigenvalue weighted by atomic mass is 16.3. The standard InChI is InChI=1S/C11H19N3O/c1-14-7-3-10(13-14)9-12-11(6-8-15)4-2-5-11/h3,7,12,15H,2,4-6,8-9H2,1H3. The lowest BCUT2D eigenvalue weighted by atomic mass is 9.74. The van der Waals surface area contributed by atoms with Gasteiger partial charge < -0.3 is 10.4 Å². The predicted octanol–water partition coefficient (Wildman–Crippen LogP) is 0.815. The summed E-state index contributed by atoms with van der Waals surface area (Å²) in [5.41, 5.74) is 1.26. The highest BCUT2D eigenvalue weighted by molar-refractivity contribution is 5.02. The maximum absolute atomic E-state index is 9.01. The summed E-state index contributed by atoms with van der Waals surface area (Å²) in [6.07, 6.45) is 6.45. The van der Waals surface area contributed by atoms with Crippen molar-refractivity contribution in [1.82, 2.24) is 15.1 Å². The molecule has 1 saturated carbocycles. The van der Waals surface area contributed by atoms with E-state index < -0.39 is 0 Å². The van der Waals surface area contributed by atoms with E-state index in [0.717, 1.165) is 18.7 Å². The Morgan fingerprint density at radius 1 is 1.60 bits per heavy atom. The molecule has 1 aromatic rings. The first-order valence-electron chi connectivity index (χ1n) is 5.59. The molecular weight excluding hydrogens is 190 g/mol. The summed E-state index contributed by atoms with van der Waals surface area (Å²) in [4.78, 5) is 0. The zero-order valence-electron chi connectivity index (χ0n) is 9.24.